The van der Waals surface area contributed by atoms with Gasteiger partial charge in [-0.1, -0.05) is 55.8 Å². The van der Waals surface area contributed by atoms with Crippen LogP contribution in [0.2, 0.25) is 0 Å². The fourth-order valence-corrected chi connectivity index (χ4v) is 4.97. The summed E-state index contributed by atoms with van der Waals surface area (Å²) < 4.78 is 15.9. The van der Waals surface area contributed by atoms with Gasteiger partial charge in [0.05, 0.1) is 17.1 Å². The van der Waals surface area contributed by atoms with Crippen LogP contribution in [0.15, 0.2) is 91.1 Å². The zero-order chi connectivity index (χ0) is 26.6. The predicted octanol–water partition coefficient (Wildman–Crippen LogP) is 6.70. The van der Waals surface area contributed by atoms with Crippen molar-refractivity contribution in [2.75, 3.05) is 23.3 Å². The summed E-state index contributed by atoms with van der Waals surface area (Å²) in [5, 5.41) is 2.98. The lowest BCUT2D eigenvalue weighted by atomic mass is 9.97. The van der Waals surface area contributed by atoms with Crippen molar-refractivity contribution in [3.8, 4) is 5.69 Å². The second-order valence-corrected chi connectivity index (χ2v) is 9.53. The maximum absolute atomic E-state index is 14.2. The third-order valence-corrected chi connectivity index (χ3v) is 6.96. The molecule has 3 aromatic carbocycles. The highest BCUT2D eigenvalue weighted by molar-refractivity contribution is 6.01. The molecular formula is C31H31FN4O2. The second-order valence-electron chi connectivity index (χ2n) is 9.53. The molecule has 7 heteroatoms. The van der Waals surface area contributed by atoms with Gasteiger partial charge in [0, 0.05) is 18.4 Å². The Morgan fingerprint density at radius 1 is 0.921 bits per heavy atom. The SMILES string of the molecule is CCCCN(CC(=O)N1c2ccccc2-n2cccc2C1c1ccc(F)cc1)C(=O)Nc1ccccc1C. The number of unbranched alkanes of at least 4 members (excludes halogenated alkanes) is 1. The van der Waals surface area contributed by atoms with Crippen molar-refractivity contribution in [2.45, 2.75) is 32.7 Å². The van der Waals surface area contributed by atoms with E-state index in [4.69, 9.17) is 0 Å². The van der Waals surface area contributed by atoms with E-state index in [-0.39, 0.29) is 24.3 Å². The number of carbonyl (C=O) groups is 2. The highest BCUT2D eigenvalue weighted by atomic mass is 19.1. The molecule has 1 aromatic heterocycles. The summed E-state index contributed by atoms with van der Waals surface area (Å²) in [5.41, 5.74) is 4.97. The fraction of sp³-hybridized carbons (Fsp3) is 0.226. The number of rotatable bonds is 7. The van der Waals surface area contributed by atoms with E-state index in [1.54, 1.807) is 21.9 Å². The van der Waals surface area contributed by atoms with Crippen LogP contribution >= 0.6 is 0 Å². The summed E-state index contributed by atoms with van der Waals surface area (Å²) in [6.45, 7) is 4.35. The van der Waals surface area contributed by atoms with Crippen molar-refractivity contribution < 1.29 is 14.0 Å². The number of benzene rings is 3. The number of hydrogen-bond donors (Lipinski definition) is 1. The number of aromatic nitrogens is 1. The molecule has 0 saturated heterocycles. The smallest absolute Gasteiger partial charge is 0.316 e. The normalized spacial score (nSPS) is 14.0. The van der Waals surface area contributed by atoms with Crippen LogP contribution in [0, 0.1) is 12.7 Å². The maximum atomic E-state index is 14.2. The summed E-state index contributed by atoms with van der Waals surface area (Å²) in [7, 11) is 0. The van der Waals surface area contributed by atoms with E-state index in [0.717, 1.165) is 46.7 Å². The average molecular weight is 511 g/mol. The molecule has 0 aliphatic carbocycles. The van der Waals surface area contributed by atoms with E-state index < -0.39 is 6.04 Å². The lowest BCUT2D eigenvalue weighted by Gasteiger charge is -2.39. The molecule has 38 heavy (non-hydrogen) atoms. The van der Waals surface area contributed by atoms with E-state index in [1.165, 1.54) is 12.1 Å². The molecule has 1 atom stereocenters. The molecule has 5 rings (SSSR count). The number of nitrogens with one attached hydrogen (secondary N) is 1. The third-order valence-electron chi connectivity index (χ3n) is 6.96. The number of para-hydroxylation sites is 3. The van der Waals surface area contributed by atoms with Crippen molar-refractivity contribution in [3.05, 3.63) is 114 Å². The largest absolute Gasteiger partial charge is 0.322 e. The fourth-order valence-electron chi connectivity index (χ4n) is 4.97. The molecular weight excluding hydrogens is 479 g/mol. The number of hydrogen-bond acceptors (Lipinski definition) is 2. The van der Waals surface area contributed by atoms with Crippen LogP contribution in [0.3, 0.4) is 0 Å². The number of fused-ring (bicyclic) bond motifs is 3. The Bertz CT molecular complexity index is 1450. The van der Waals surface area contributed by atoms with Crippen molar-refractivity contribution in [1.82, 2.24) is 9.47 Å². The van der Waals surface area contributed by atoms with Gasteiger partial charge in [-0.25, -0.2) is 9.18 Å². The topological polar surface area (TPSA) is 57.6 Å². The molecule has 6 nitrogen and oxygen atoms in total. The molecule has 1 N–H and O–H groups in total. The summed E-state index contributed by atoms with van der Waals surface area (Å²) in [6.07, 6.45) is 3.63. The molecule has 0 radical (unpaired) electrons. The Morgan fingerprint density at radius 2 is 1.63 bits per heavy atom. The van der Waals surface area contributed by atoms with Gasteiger partial charge in [0.25, 0.3) is 0 Å². The highest BCUT2D eigenvalue weighted by Gasteiger charge is 2.37. The first-order valence-corrected chi connectivity index (χ1v) is 12.9. The van der Waals surface area contributed by atoms with Gasteiger partial charge >= 0.3 is 6.03 Å². The minimum absolute atomic E-state index is 0.0928. The van der Waals surface area contributed by atoms with Gasteiger partial charge in [-0.05, 0) is 66.9 Å². The highest BCUT2D eigenvalue weighted by Crippen LogP contribution is 2.42. The number of urea groups is 1. The first-order chi connectivity index (χ1) is 18.5. The van der Waals surface area contributed by atoms with Crippen LogP contribution in [-0.4, -0.2) is 34.5 Å². The summed E-state index contributed by atoms with van der Waals surface area (Å²) in [4.78, 5) is 30.9. The Kier molecular flexibility index (Phi) is 7.26. The summed E-state index contributed by atoms with van der Waals surface area (Å²) >= 11 is 0. The second kappa shape index (κ2) is 10.9. The maximum Gasteiger partial charge on any atom is 0.322 e. The van der Waals surface area contributed by atoms with Crippen molar-refractivity contribution in [2.24, 2.45) is 0 Å². The molecule has 0 bridgehead atoms. The van der Waals surface area contributed by atoms with Gasteiger partial charge in [-0.15, -0.1) is 0 Å². The number of anilines is 2. The first kappa shape index (κ1) is 25.3. The quantitative estimate of drug-likeness (QED) is 0.301. The number of aryl methyl sites for hydroxylation is 1. The van der Waals surface area contributed by atoms with E-state index in [0.29, 0.717) is 6.54 Å². The first-order valence-electron chi connectivity index (χ1n) is 12.9. The van der Waals surface area contributed by atoms with Crippen LogP contribution < -0.4 is 10.2 Å². The number of amides is 3. The molecule has 3 amide bonds. The van der Waals surface area contributed by atoms with Gasteiger partial charge in [0.15, 0.2) is 0 Å². The zero-order valence-corrected chi connectivity index (χ0v) is 21.6. The molecule has 1 aliphatic heterocycles. The Morgan fingerprint density at radius 3 is 2.37 bits per heavy atom. The number of nitrogens with zero attached hydrogens (tertiary/aromatic N) is 3. The molecule has 0 fully saturated rings. The van der Waals surface area contributed by atoms with Gasteiger partial charge in [-0.3, -0.25) is 9.69 Å². The molecule has 0 saturated carbocycles. The minimum atomic E-state index is -0.472. The van der Waals surface area contributed by atoms with E-state index >= 15 is 0 Å². The molecule has 1 aliphatic rings. The number of carbonyl (C=O) groups excluding carboxylic acids is 2. The van der Waals surface area contributed by atoms with E-state index in [1.807, 2.05) is 73.8 Å². The van der Waals surface area contributed by atoms with Crippen LogP contribution in [-0.2, 0) is 4.79 Å². The van der Waals surface area contributed by atoms with Crippen LogP contribution in [0.1, 0.15) is 42.6 Å². The lowest BCUT2D eigenvalue weighted by molar-refractivity contribution is -0.119. The third kappa shape index (κ3) is 4.92. The van der Waals surface area contributed by atoms with E-state index in [2.05, 4.69) is 16.8 Å². The summed E-state index contributed by atoms with van der Waals surface area (Å²) in [5.74, 6) is -0.549. The van der Waals surface area contributed by atoms with Crippen LogP contribution in [0.25, 0.3) is 5.69 Å². The van der Waals surface area contributed by atoms with Gasteiger partial charge in [0.2, 0.25) is 5.91 Å². The standard InChI is InChI=1S/C31H31FN4O2/c1-3-4-19-34(31(38)33-25-11-6-5-10-22(25)2)21-29(37)36-27-13-8-7-12-26(27)35-20-9-14-28(35)30(36)23-15-17-24(32)18-16-23/h5-18,20,30H,3-4,19,21H2,1-2H3,(H,33,38). The Balaban J connectivity index is 1.51. The average Bonchev–Trinajstić information content (AvgIpc) is 3.42. The molecule has 2 heterocycles. The molecule has 194 valence electrons. The minimum Gasteiger partial charge on any atom is -0.316 e. The lowest BCUT2D eigenvalue weighted by Crippen LogP contribution is -2.48. The Hall–Kier alpha value is -4.39. The molecule has 1 unspecified atom stereocenters. The molecule has 4 aromatic rings. The van der Waals surface area contributed by atoms with E-state index in [9.17, 15) is 14.0 Å². The molecule has 0 spiro atoms. The van der Waals surface area contributed by atoms with Crippen LogP contribution in [0.4, 0.5) is 20.6 Å². The number of halogens is 1. The Labute approximate surface area is 222 Å². The van der Waals surface area contributed by atoms with Gasteiger partial charge in [-0.2, -0.15) is 0 Å². The van der Waals surface area contributed by atoms with Crippen molar-refractivity contribution in [1.29, 1.82) is 0 Å². The van der Waals surface area contributed by atoms with Crippen molar-refractivity contribution in [3.63, 3.8) is 0 Å². The summed E-state index contributed by atoms with van der Waals surface area (Å²) in [6, 6.07) is 24.7. The zero-order valence-electron chi connectivity index (χ0n) is 21.6. The monoisotopic (exact) mass is 510 g/mol. The van der Waals surface area contributed by atoms with Gasteiger partial charge in [0.1, 0.15) is 18.4 Å². The van der Waals surface area contributed by atoms with Gasteiger partial charge < -0.3 is 14.8 Å². The predicted molar refractivity (Wildman–Crippen MR) is 148 cm³/mol. The van der Waals surface area contributed by atoms with Crippen LogP contribution in [0.5, 0.6) is 0 Å². The van der Waals surface area contributed by atoms with Crippen molar-refractivity contribution >= 4 is 23.3 Å².